The fourth-order valence-electron chi connectivity index (χ4n) is 3.31. The highest BCUT2D eigenvalue weighted by Crippen LogP contribution is 2.25. The monoisotopic (exact) mass is 375 g/mol. The Morgan fingerprint density at radius 1 is 1.41 bits per heavy atom. The molecular weight excluding hydrogens is 352 g/mol. The Morgan fingerprint density at radius 3 is 2.74 bits per heavy atom. The molecule has 0 aliphatic carbocycles. The lowest BCUT2D eigenvalue weighted by atomic mass is 10.1. The van der Waals surface area contributed by atoms with E-state index in [4.69, 9.17) is 4.74 Å². The van der Waals surface area contributed by atoms with Gasteiger partial charge in [0.2, 0.25) is 11.9 Å². The van der Waals surface area contributed by atoms with E-state index in [1.54, 1.807) is 18.5 Å². The fourth-order valence-corrected chi connectivity index (χ4v) is 3.31. The van der Waals surface area contributed by atoms with Crippen molar-refractivity contribution in [2.45, 2.75) is 32.9 Å². The molecule has 0 aromatic rings. The van der Waals surface area contributed by atoms with Crippen molar-refractivity contribution in [2.75, 3.05) is 26.7 Å². The first-order valence-corrected chi connectivity index (χ1v) is 8.73. The van der Waals surface area contributed by atoms with Gasteiger partial charge in [0.05, 0.1) is 12.3 Å². The van der Waals surface area contributed by atoms with Crippen molar-refractivity contribution in [3.8, 4) is 0 Å². The SMILES string of the molecule is C=CCN1C(=O)C2C(=NC3=[N+]2C(C)C(C)=NN3CC(=O)OCC)N(C)C1=O. The molecule has 0 N–H and O–H groups in total. The average molecular weight is 375 g/mol. The van der Waals surface area contributed by atoms with Crippen molar-refractivity contribution < 1.29 is 23.7 Å². The molecule has 0 aromatic heterocycles. The number of guanidine groups is 1. The molecule has 3 heterocycles. The van der Waals surface area contributed by atoms with Gasteiger partial charge in [-0.1, -0.05) is 11.1 Å². The molecule has 0 aromatic carbocycles. The average Bonchev–Trinajstić information content (AvgIpc) is 3.03. The minimum Gasteiger partial charge on any atom is -0.464 e. The maximum Gasteiger partial charge on any atom is 0.417 e. The summed E-state index contributed by atoms with van der Waals surface area (Å²) in [6, 6.07) is -1.44. The fraction of sp³-hybridized carbons (Fsp3) is 0.529. The van der Waals surface area contributed by atoms with E-state index in [0.29, 0.717) is 11.8 Å². The number of carbonyl (C=O) groups excluding carboxylic acids is 3. The van der Waals surface area contributed by atoms with Crippen molar-refractivity contribution in [2.24, 2.45) is 10.1 Å². The number of nitrogens with zero attached hydrogens (tertiary/aromatic N) is 6. The van der Waals surface area contributed by atoms with E-state index >= 15 is 0 Å². The van der Waals surface area contributed by atoms with Crippen molar-refractivity contribution >= 4 is 35.4 Å². The molecule has 3 aliphatic rings. The number of hydrogen-bond acceptors (Lipinski definition) is 7. The molecule has 3 rings (SSSR count). The highest BCUT2D eigenvalue weighted by atomic mass is 16.5. The Hall–Kier alpha value is -3.04. The van der Waals surface area contributed by atoms with Crippen LogP contribution in [-0.2, 0) is 14.3 Å². The van der Waals surface area contributed by atoms with Gasteiger partial charge in [0.25, 0.3) is 5.91 Å². The van der Waals surface area contributed by atoms with Crippen LogP contribution in [0.1, 0.15) is 20.8 Å². The Morgan fingerprint density at radius 2 is 2.11 bits per heavy atom. The van der Waals surface area contributed by atoms with Crippen LogP contribution in [0, 0.1) is 0 Å². The van der Waals surface area contributed by atoms with E-state index < -0.39 is 18.0 Å². The normalized spacial score (nSPS) is 24.5. The zero-order valence-electron chi connectivity index (χ0n) is 15.9. The lowest BCUT2D eigenvalue weighted by molar-refractivity contribution is -0.559. The van der Waals surface area contributed by atoms with Gasteiger partial charge < -0.3 is 4.74 Å². The molecule has 2 unspecified atom stereocenters. The first-order chi connectivity index (χ1) is 12.8. The Kier molecular flexibility index (Phi) is 4.81. The third kappa shape index (κ3) is 2.90. The van der Waals surface area contributed by atoms with Crippen molar-refractivity contribution in [3.63, 3.8) is 0 Å². The molecule has 144 valence electrons. The van der Waals surface area contributed by atoms with E-state index in [-0.39, 0.29) is 31.6 Å². The maximum atomic E-state index is 13.0. The quantitative estimate of drug-likeness (QED) is 0.378. The molecule has 1 fully saturated rings. The summed E-state index contributed by atoms with van der Waals surface area (Å²) < 4.78 is 6.79. The summed E-state index contributed by atoms with van der Waals surface area (Å²) in [4.78, 5) is 44.5. The number of urea groups is 1. The summed E-state index contributed by atoms with van der Waals surface area (Å²) in [5, 5.41) is 5.85. The van der Waals surface area contributed by atoms with Gasteiger partial charge in [0, 0.05) is 13.6 Å². The molecule has 3 amide bonds. The highest BCUT2D eigenvalue weighted by molar-refractivity contribution is 6.23. The van der Waals surface area contributed by atoms with Crippen LogP contribution in [0.25, 0.3) is 0 Å². The number of esters is 1. The van der Waals surface area contributed by atoms with Crippen LogP contribution in [0.4, 0.5) is 4.79 Å². The second kappa shape index (κ2) is 6.93. The number of rotatable bonds is 5. The summed E-state index contributed by atoms with van der Waals surface area (Å²) in [5.41, 5.74) is 0.724. The topological polar surface area (TPSA) is 97.9 Å². The molecule has 3 aliphatic heterocycles. The second-order valence-corrected chi connectivity index (χ2v) is 6.44. The first-order valence-electron chi connectivity index (χ1n) is 8.73. The number of hydrogen-bond donors (Lipinski definition) is 0. The number of aliphatic imine (C=N–C) groups is 1. The van der Waals surface area contributed by atoms with Gasteiger partial charge in [-0.25, -0.2) is 14.2 Å². The molecule has 0 radical (unpaired) electrons. The maximum absolute atomic E-state index is 13.0. The second-order valence-electron chi connectivity index (χ2n) is 6.44. The van der Waals surface area contributed by atoms with E-state index in [1.165, 1.54) is 16.0 Å². The third-order valence-corrected chi connectivity index (χ3v) is 4.76. The van der Waals surface area contributed by atoms with Crippen molar-refractivity contribution in [1.29, 1.82) is 0 Å². The van der Waals surface area contributed by atoms with Crippen LogP contribution in [-0.4, -0.2) is 93.6 Å². The molecule has 0 bridgehead atoms. The first kappa shape index (κ1) is 18.7. The molecule has 0 saturated carbocycles. The van der Waals surface area contributed by atoms with E-state index in [1.807, 2.05) is 13.8 Å². The zero-order chi connectivity index (χ0) is 19.9. The van der Waals surface area contributed by atoms with Crippen LogP contribution in [0.15, 0.2) is 22.7 Å². The molecule has 1 saturated heterocycles. The predicted molar refractivity (Wildman–Crippen MR) is 97.5 cm³/mol. The van der Waals surface area contributed by atoms with Gasteiger partial charge in [-0.15, -0.1) is 16.7 Å². The van der Waals surface area contributed by atoms with Gasteiger partial charge >= 0.3 is 18.0 Å². The van der Waals surface area contributed by atoms with E-state index in [9.17, 15) is 14.4 Å². The number of likely N-dealkylation sites (N-methyl/N-ethyl adjacent to an activating group) is 1. The van der Waals surface area contributed by atoms with Gasteiger partial charge in [-0.3, -0.25) is 14.6 Å². The Bertz CT molecular complexity index is 814. The number of amides is 3. The van der Waals surface area contributed by atoms with Gasteiger partial charge in [0.1, 0.15) is 6.04 Å². The van der Waals surface area contributed by atoms with Crippen LogP contribution >= 0.6 is 0 Å². The van der Waals surface area contributed by atoms with E-state index in [2.05, 4.69) is 16.7 Å². The lowest BCUT2D eigenvalue weighted by Gasteiger charge is -2.35. The molecule has 27 heavy (non-hydrogen) atoms. The molecule has 2 atom stereocenters. The highest BCUT2D eigenvalue weighted by Gasteiger charge is 2.56. The van der Waals surface area contributed by atoms with Crippen molar-refractivity contribution in [1.82, 2.24) is 14.8 Å². The summed E-state index contributed by atoms with van der Waals surface area (Å²) in [6.45, 7) is 9.30. The van der Waals surface area contributed by atoms with Gasteiger partial charge in [0.15, 0.2) is 6.54 Å². The summed E-state index contributed by atoms with van der Waals surface area (Å²) in [6.07, 6.45) is 1.50. The summed E-state index contributed by atoms with van der Waals surface area (Å²) in [5.74, 6) is -0.139. The summed E-state index contributed by atoms with van der Waals surface area (Å²) >= 11 is 0. The number of fused-ring (bicyclic) bond motifs is 2. The predicted octanol–water partition coefficient (Wildman–Crippen LogP) is -0.141. The largest absolute Gasteiger partial charge is 0.464 e. The Balaban J connectivity index is 2.02. The summed E-state index contributed by atoms with van der Waals surface area (Å²) in [7, 11) is 1.57. The molecular formula is C17H23N6O4+. The van der Waals surface area contributed by atoms with Gasteiger partial charge in [-0.2, -0.15) is 0 Å². The van der Waals surface area contributed by atoms with Crippen LogP contribution in [0.5, 0.6) is 0 Å². The number of ether oxygens (including phenoxy) is 1. The zero-order valence-corrected chi connectivity index (χ0v) is 15.9. The number of amidine groups is 1. The molecule has 0 spiro atoms. The number of imide groups is 1. The van der Waals surface area contributed by atoms with Crippen LogP contribution in [0.2, 0.25) is 0 Å². The smallest absolute Gasteiger partial charge is 0.417 e. The molecule has 10 nitrogen and oxygen atoms in total. The minimum absolute atomic E-state index is 0.114. The number of hydrazone groups is 1. The van der Waals surface area contributed by atoms with E-state index in [0.717, 1.165) is 10.6 Å². The van der Waals surface area contributed by atoms with Crippen molar-refractivity contribution in [3.05, 3.63) is 12.7 Å². The third-order valence-electron chi connectivity index (χ3n) is 4.76. The standard InChI is InChI=1S/C17H23N6O4/c1-6-8-21-15(25)13-14(20(5)17(21)26)18-16-22(9-12(24)27-7-2)19-10(3)11(4)23(13)16/h6,11,13H,1,7-9H2,2-5H3/q+1. The van der Waals surface area contributed by atoms with Crippen LogP contribution < -0.4 is 0 Å². The number of carbonyl (C=O) groups is 3. The Labute approximate surface area is 157 Å². The van der Waals surface area contributed by atoms with Crippen LogP contribution in [0.3, 0.4) is 0 Å². The lowest BCUT2D eigenvalue weighted by Crippen LogP contribution is -2.64. The minimum atomic E-state index is -0.757. The van der Waals surface area contributed by atoms with Gasteiger partial charge in [-0.05, 0) is 20.8 Å². The molecule has 10 heteroatoms.